The minimum atomic E-state index is -4.82. The van der Waals surface area contributed by atoms with Gasteiger partial charge in [-0.2, -0.15) is 13.2 Å². The number of benzene rings is 1. The highest BCUT2D eigenvalue weighted by molar-refractivity contribution is 5.98. The molecule has 0 fully saturated rings. The first-order valence-electron chi connectivity index (χ1n) is 12.0. The molecular weight excluding hydrogens is 438 g/mol. The summed E-state index contributed by atoms with van der Waals surface area (Å²) in [7, 11) is 0. The highest BCUT2D eigenvalue weighted by Gasteiger charge is 2.36. The molecule has 1 aromatic rings. The minimum Gasteiger partial charge on any atom is -0.464 e. The minimum absolute atomic E-state index is 0.185. The number of unbranched alkanes of at least 4 members (excludes halogenated alkanes) is 11. The van der Waals surface area contributed by atoms with Crippen LogP contribution in [0.4, 0.5) is 17.6 Å². The lowest BCUT2D eigenvalue weighted by Crippen LogP contribution is -2.40. The third-order valence-corrected chi connectivity index (χ3v) is 5.48. The van der Waals surface area contributed by atoms with Crippen molar-refractivity contribution in [3.05, 3.63) is 35.1 Å². The number of halogens is 4. The van der Waals surface area contributed by atoms with Crippen LogP contribution in [0.2, 0.25) is 0 Å². The lowest BCUT2D eigenvalue weighted by Gasteiger charge is -2.16. The third kappa shape index (κ3) is 12.1. The topological polar surface area (TPSA) is 55.4 Å². The molecule has 0 aliphatic rings. The Morgan fingerprint density at radius 3 is 1.94 bits per heavy atom. The third-order valence-electron chi connectivity index (χ3n) is 5.48. The standard InChI is InChI=1S/C25H37F4NO3/c1-3-4-5-6-7-8-9-10-11-12-13-14-17-33-24(32)19(2)30-23(31)21-18-20(26)15-16-22(21)25(27,28)29/h15-16,18-19H,3-14,17H2,1-2H3,(H,30,31). The summed E-state index contributed by atoms with van der Waals surface area (Å²) >= 11 is 0. The first-order valence-corrected chi connectivity index (χ1v) is 12.0. The smallest absolute Gasteiger partial charge is 0.417 e. The van der Waals surface area contributed by atoms with Crippen molar-refractivity contribution in [1.82, 2.24) is 5.32 Å². The first kappa shape index (κ1) is 28.9. The molecule has 0 aliphatic carbocycles. The molecule has 0 spiro atoms. The summed E-state index contributed by atoms with van der Waals surface area (Å²) in [6.07, 6.45) is 9.27. The molecule has 0 bridgehead atoms. The summed E-state index contributed by atoms with van der Waals surface area (Å²) in [6.45, 7) is 3.71. The second-order valence-corrected chi connectivity index (χ2v) is 8.44. The molecule has 1 rings (SSSR count). The van der Waals surface area contributed by atoms with Crippen LogP contribution in [0.5, 0.6) is 0 Å². The number of carbonyl (C=O) groups excluding carboxylic acids is 2. The molecule has 0 aliphatic heterocycles. The quantitative estimate of drug-likeness (QED) is 0.156. The average molecular weight is 476 g/mol. The van der Waals surface area contributed by atoms with Gasteiger partial charge >= 0.3 is 12.1 Å². The van der Waals surface area contributed by atoms with Gasteiger partial charge in [-0.15, -0.1) is 0 Å². The van der Waals surface area contributed by atoms with E-state index in [1.165, 1.54) is 58.3 Å². The largest absolute Gasteiger partial charge is 0.464 e. The van der Waals surface area contributed by atoms with Crippen molar-refractivity contribution in [2.24, 2.45) is 0 Å². The van der Waals surface area contributed by atoms with E-state index in [1.54, 1.807) is 0 Å². The molecule has 1 unspecified atom stereocenters. The maximum Gasteiger partial charge on any atom is 0.417 e. The molecule has 188 valence electrons. The summed E-state index contributed by atoms with van der Waals surface area (Å²) < 4.78 is 57.6. The molecule has 0 heterocycles. The van der Waals surface area contributed by atoms with Crippen LogP contribution in [-0.4, -0.2) is 24.5 Å². The van der Waals surface area contributed by atoms with Crippen LogP contribution in [0.15, 0.2) is 18.2 Å². The van der Waals surface area contributed by atoms with Crippen LogP contribution < -0.4 is 5.32 Å². The lowest BCUT2D eigenvalue weighted by molar-refractivity contribution is -0.145. The monoisotopic (exact) mass is 475 g/mol. The fraction of sp³-hybridized carbons (Fsp3) is 0.680. The van der Waals surface area contributed by atoms with E-state index < -0.39 is 41.0 Å². The molecule has 0 saturated carbocycles. The number of hydrogen-bond donors (Lipinski definition) is 1. The number of nitrogens with one attached hydrogen (secondary N) is 1. The Balaban J connectivity index is 2.22. The van der Waals surface area contributed by atoms with Gasteiger partial charge in [-0.1, -0.05) is 77.6 Å². The van der Waals surface area contributed by atoms with Crippen molar-refractivity contribution < 1.29 is 31.9 Å². The predicted octanol–water partition coefficient (Wildman–Crippen LogP) is 7.21. The van der Waals surface area contributed by atoms with Gasteiger partial charge in [0.2, 0.25) is 0 Å². The Labute approximate surface area is 194 Å². The maximum absolute atomic E-state index is 13.4. The Bertz CT molecular complexity index is 722. The normalized spacial score (nSPS) is 12.4. The molecule has 0 saturated heterocycles. The van der Waals surface area contributed by atoms with E-state index in [2.05, 4.69) is 12.2 Å². The molecule has 4 nitrogen and oxygen atoms in total. The highest BCUT2D eigenvalue weighted by Crippen LogP contribution is 2.32. The van der Waals surface area contributed by atoms with Gasteiger partial charge in [-0.05, 0) is 31.5 Å². The Morgan fingerprint density at radius 2 is 1.42 bits per heavy atom. The van der Waals surface area contributed by atoms with Gasteiger partial charge < -0.3 is 10.1 Å². The SMILES string of the molecule is CCCCCCCCCCCCCCOC(=O)C(C)NC(=O)c1cc(F)ccc1C(F)(F)F. The molecule has 1 amide bonds. The number of esters is 1. The van der Waals surface area contributed by atoms with Crippen molar-refractivity contribution in [2.45, 2.75) is 103 Å². The highest BCUT2D eigenvalue weighted by atomic mass is 19.4. The number of amides is 1. The van der Waals surface area contributed by atoms with Crippen LogP contribution in [0.3, 0.4) is 0 Å². The molecule has 1 aromatic carbocycles. The summed E-state index contributed by atoms with van der Waals surface area (Å²) in [5, 5.41) is 2.15. The lowest BCUT2D eigenvalue weighted by atomic mass is 10.1. The van der Waals surface area contributed by atoms with Crippen molar-refractivity contribution in [3.63, 3.8) is 0 Å². The van der Waals surface area contributed by atoms with Gasteiger partial charge in [0.05, 0.1) is 17.7 Å². The molecule has 0 radical (unpaired) electrons. The van der Waals surface area contributed by atoms with Gasteiger partial charge in [-0.25, -0.2) is 9.18 Å². The fourth-order valence-corrected chi connectivity index (χ4v) is 3.53. The summed E-state index contributed by atoms with van der Waals surface area (Å²) in [6, 6.07) is 0.481. The zero-order chi connectivity index (χ0) is 24.7. The van der Waals surface area contributed by atoms with E-state index in [9.17, 15) is 27.2 Å². The molecule has 8 heteroatoms. The zero-order valence-electron chi connectivity index (χ0n) is 19.7. The number of ether oxygens (including phenoxy) is 1. The number of carbonyl (C=O) groups is 2. The van der Waals surface area contributed by atoms with Gasteiger partial charge in [-0.3, -0.25) is 4.79 Å². The Kier molecular flexibility index (Phi) is 13.7. The second-order valence-electron chi connectivity index (χ2n) is 8.44. The number of alkyl halides is 3. The van der Waals surface area contributed by atoms with E-state index in [1.807, 2.05) is 0 Å². The van der Waals surface area contributed by atoms with Gasteiger partial charge in [0.1, 0.15) is 11.9 Å². The molecule has 33 heavy (non-hydrogen) atoms. The maximum atomic E-state index is 13.4. The van der Waals surface area contributed by atoms with Gasteiger partial charge in [0, 0.05) is 0 Å². The van der Waals surface area contributed by atoms with E-state index in [4.69, 9.17) is 4.74 Å². The van der Waals surface area contributed by atoms with Gasteiger partial charge in [0.15, 0.2) is 0 Å². The molecule has 0 aromatic heterocycles. The zero-order valence-corrected chi connectivity index (χ0v) is 19.7. The van der Waals surface area contributed by atoms with Crippen LogP contribution in [0.25, 0.3) is 0 Å². The molecule has 1 atom stereocenters. The van der Waals surface area contributed by atoms with E-state index in [0.29, 0.717) is 24.6 Å². The molecule has 1 N–H and O–H groups in total. The van der Waals surface area contributed by atoms with Crippen LogP contribution in [-0.2, 0) is 15.7 Å². The van der Waals surface area contributed by atoms with Crippen molar-refractivity contribution in [2.75, 3.05) is 6.61 Å². The number of rotatable bonds is 16. The van der Waals surface area contributed by atoms with Crippen LogP contribution >= 0.6 is 0 Å². The van der Waals surface area contributed by atoms with E-state index >= 15 is 0 Å². The van der Waals surface area contributed by atoms with Crippen molar-refractivity contribution in [3.8, 4) is 0 Å². The van der Waals surface area contributed by atoms with E-state index in [-0.39, 0.29) is 6.61 Å². The van der Waals surface area contributed by atoms with Gasteiger partial charge in [0.25, 0.3) is 5.91 Å². The second kappa shape index (κ2) is 15.7. The first-order chi connectivity index (χ1) is 15.7. The summed E-state index contributed by atoms with van der Waals surface area (Å²) in [5.74, 6) is -2.90. The number of hydrogen-bond acceptors (Lipinski definition) is 3. The van der Waals surface area contributed by atoms with Crippen LogP contribution in [0.1, 0.15) is 107 Å². The Hall–Kier alpha value is -2.12. The van der Waals surface area contributed by atoms with Crippen molar-refractivity contribution >= 4 is 11.9 Å². The fourth-order valence-electron chi connectivity index (χ4n) is 3.53. The Morgan fingerprint density at radius 1 is 0.909 bits per heavy atom. The molecular formula is C25H37F4NO3. The van der Waals surface area contributed by atoms with E-state index in [0.717, 1.165) is 19.3 Å². The average Bonchev–Trinajstić information content (AvgIpc) is 2.75. The van der Waals surface area contributed by atoms with Crippen molar-refractivity contribution in [1.29, 1.82) is 0 Å². The van der Waals surface area contributed by atoms with Crippen LogP contribution in [0, 0.1) is 5.82 Å². The predicted molar refractivity (Wildman–Crippen MR) is 120 cm³/mol. The summed E-state index contributed by atoms with van der Waals surface area (Å²) in [5.41, 5.74) is -2.14. The summed E-state index contributed by atoms with van der Waals surface area (Å²) in [4.78, 5) is 24.2.